The molecule has 1 fully saturated rings. The number of nitrogens with one attached hydrogen (secondary N) is 1. The van der Waals surface area contributed by atoms with Gasteiger partial charge in [0.2, 0.25) is 0 Å². The average Bonchev–Trinajstić information content (AvgIpc) is 3.07. The molecule has 1 saturated heterocycles. The zero-order valence-corrected chi connectivity index (χ0v) is 14.5. The fourth-order valence-electron chi connectivity index (χ4n) is 2.70. The van der Waals surface area contributed by atoms with Crippen LogP contribution in [0.3, 0.4) is 0 Å². The lowest BCUT2D eigenvalue weighted by Gasteiger charge is -2.16. The van der Waals surface area contributed by atoms with Crippen molar-refractivity contribution < 1.29 is 19.0 Å². The van der Waals surface area contributed by atoms with Gasteiger partial charge in [0.25, 0.3) is 5.91 Å². The molecule has 0 saturated carbocycles. The van der Waals surface area contributed by atoms with Crippen molar-refractivity contribution in [2.45, 2.75) is 45.5 Å². The third kappa shape index (κ3) is 5.27. The second-order valence-electron chi connectivity index (χ2n) is 5.89. The Kier molecular flexibility index (Phi) is 7.65. The summed E-state index contributed by atoms with van der Waals surface area (Å²) in [5.41, 5.74) is 8.45. The summed E-state index contributed by atoms with van der Waals surface area (Å²) in [5.74, 6) is -0.108. The molecule has 3 N–H and O–H groups in total. The molecule has 1 amide bonds. The molecule has 24 heavy (non-hydrogen) atoms. The van der Waals surface area contributed by atoms with Gasteiger partial charge in [-0.3, -0.25) is 4.79 Å². The van der Waals surface area contributed by atoms with Crippen LogP contribution in [-0.4, -0.2) is 44.5 Å². The van der Waals surface area contributed by atoms with Crippen LogP contribution in [0.25, 0.3) is 0 Å². The van der Waals surface area contributed by atoms with E-state index in [1.165, 1.54) is 0 Å². The third-order valence-corrected chi connectivity index (χ3v) is 4.20. The highest BCUT2D eigenvalue weighted by molar-refractivity contribution is 5.95. The van der Waals surface area contributed by atoms with Gasteiger partial charge in [0, 0.05) is 18.8 Å². The number of ether oxygens (including phenoxy) is 3. The first-order valence-corrected chi connectivity index (χ1v) is 8.56. The van der Waals surface area contributed by atoms with Crippen molar-refractivity contribution in [3.05, 3.63) is 29.3 Å². The fraction of sp³-hybridized carbons (Fsp3) is 0.611. The zero-order chi connectivity index (χ0) is 17.4. The summed E-state index contributed by atoms with van der Waals surface area (Å²) < 4.78 is 16.5. The van der Waals surface area contributed by atoms with E-state index in [0.717, 1.165) is 23.2 Å². The minimum absolute atomic E-state index is 0.00748. The number of carbonyl (C=O) groups excluding carboxylic acids is 1. The number of rotatable bonds is 9. The normalized spacial score (nSPS) is 20.3. The van der Waals surface area contributed by atoms with E-state index in [1.54, 1.807) is 0 Å². The highest BCUT2D eigenvalue weighted by Crippen LogP contribution is 2.23. The topological polar surface area (TPSA) is 82.8 Å². The Morgan fingerprint density at radius 1 is 1.33 bits per heavy atom. The standard InChI is InChI=1S/C18H28N2O4/c1-3-22-9-10-23-12-14-5-4-6-16(13(14)2)20-18(21)17-8-7-15(11-19)24-17/h4-6,15,17H,3,7-12,19H2,1-2H3,(H,20,21)/t15-,17+/m1/s1. The van der Waals surface area contributed by atoms with Gasteiger partial charge in [-0.2, -0.15) is 0 Å². The summed E-state index contributed by atoms with van der Waals surface area (Å²) in [6.45, 7) is 6.73. The van der Waals surface area contributed by atoms with Crippen LogP contribution in [0, 0.1) is 6.92 Å². The lowest BCUT2D eigenvalue weighted by molar-refractivity contribution is -0.126. The van der Waals surface area contributed by atoms with Crippen LogP contribution in [0.15, 0.2) is 18.2 Å². The molecule has 134 valence electrons. The largest absolute Gasteiger partial charge is 0.379 e. The van der Waals surface area contributed by atoms with E-state index in [9.17, 15) is 4.79 Å². The van der Waals surface area contributed by atoms with Gasteiger partial charge in [-0.15, -0.1) is 0 Å². The van der Waals surface area contributed by atoms with Crippen molar-refractivity contribution in [2.75, 3.05) is 31.7 Å². The molecule has 0 unspecified atom stereocenters. The second-order valence-corrected chi connectivity index (χ2v) is 5.89. The van der Waals surface area contributed by atoms with E-state index in [0.29, 0.717) is 39.4 Å². The molecule has 0 spiro atoms. The maximum Gasteiger partial charge on any atom is 0.253 e. The van der Waals surface area contributed by atoms with Gasteiger partial charge < -0.3 is 25.3 Å². The maximum absolute atomic E-state index is 12.3. The average molecular weight is 336 g/mol. The van der Waals surface area contributed by atoms with Crippen LogP contribution in [-0.2, 0) is 25.6 Å². The molecule has 6 nitrogen and oxygen atoms in total. The summed E-state index contributed by atoms with van der Waals surface area (Å²) in [6, 6.07) is 5.82. The van der Waals surface area contributed by atoms with Gasteiger partial charge in [-0.25, -0.2) is 0 Å². The molecule has 2 atom stereocenters. The minimum Gasteiger partial charge on any atom is -0.379 e. The number of nitrogens with two attached hydrogens (primary N) is 1. The molecule has 2 rings (SSSR count). The predicted octanol–water partition coefficient (Wildman–Crippen LogP) is 1.99. The molecule has 1 aliphatic rings. The van der Waals surface area contributed by atoms with Crippen LogP contribution in [0.5, 0.6) is 0 Å². The van der Waals surface area contributed by atoms with Gasteiger partial charge in [0.15, 0.2) is 0 Å². The van der Waals surface area contributed by atoms with Crippen LogP contribution in [0.4, 0.5) is 5.69 Å². The van der Waals surface area contributed by atoms with Crippen LogP contribution >= 0.6 is 0 Å². The van der Waals surface area contributed by atoms with E-state index in [1.807, 2.05) is 32.0 Å². The van der Waals surface area contributed by atoms with E-state index in [2.05, 4.69) is 5.32 Å². The summed E-state index contributed by atoms with van der Waals surface area (Å²) in [5, 5.41) is 2.96. The Bertz CT molecular complexity index is 536. The number of carbonyl (C=O) groups is 1. The summed E-state index contributed by atoms with van der Waals surface area (Å²) >= 11 is 0. The first-order chi connectivity index (χ1) is 11.7. The Hall–Kier alpha value is -1.47. The van der Waals surface area contributed by atoms with Crippen molar-refractivity contribution in [2.24, 2.45) is 5.73 Å². The fourth-order valence-corrected chi connectivity index (χ4v) is 2.70. The highest BCUT2D eigenvalue weighted by Gasteiger charge is 2.30. The third-order valence-electron chi connectivity index (χ3n) is 4.20. The lowest BCUT2D eigenvalue weighted by Crippen LogP contribution is -2.30. The molecule has 0 aliphatic carbocycles. The monoisotopic (exact) mass is 336 g/mol. The van der Waals surface area contributed by atoms with Crippen molar-refractivity contribution in [1.29, 1.82) is 0 Å². The minimum atomic E-state index is -0.413. The summed E-state index contributed by atoms with van der Waals surface area (Å²) in [7, 11) is 0. The Balaban J connectivity index is 1.89. The Morgan fingerprint density at radius 3 is 2.83 bits per heavy atom. The molecule has 0 bridgehead atoms. The van der Waals surface area contributed by atoms with Crippen molar-refractivity contribution >= 4 is 11.6 Å². The lowest BCUT2D eigenvalue weighted by atomic mass is 10.1. The molecule has 1 aromatic carbocycles. The van der Waals surface area contributed by atoms with Gasteiger partial charge in [-0.05, 0) is 43.9 Å². The molecule has 6 heteroatoms. The molecular weight excluding hydrogens is 308 g/mol. The molecule has 1 heterocycles. The summed E-state index contributed by atoms with van der Waals surface area (Å²) in [6.07, 6.45) is 1.13. The predicted molar refractivity (Wildman–Crippen MR) is 92.9 cm³/mol. The molecule has 0 radical (unpaired) electrons. The number of anilines is 1. The highest BCUT2D eigenvalue weighted by atomic mass is 16.5. The molecule has 1 aromatic rings. The molecular formula is C18H28N2O4. The molecule has 1 aliphatic heterocycles. The number of hydrogen-bond donors (Lipinski definition) is 2. The first-order valence-electron chi connectivity index (χ1n) is 8.56. The van der Waals surface area contributed by atoms with Gasteiger partial charge >= 0.3 is 0 Å². The van der Waals surface area contributed by atoms with Crippen LogP contribution in [0.2, 0.25) is 0 Å². The SMILES string of the molecule is CCOCCOCc1cccc(NC(=O)[C@@H]2CC[C@H](CN)O2)c1C. The smallest absolute Gasteiger partial charge is 0.253 e. The van der Waals surface area contributed by atoms with E-state index in [-0.39, 0.29) is 12.0 Å². The molecule has 0 aromatic heterocycles. The van der Waals surface area contributed by atoms with E-state index in [4.69, 9.17) is 19.9 Å². The number of amides is 1. The maximum atomic E-state index is 12.3. The second kappa shape index (κ2) is 9.74. The van der Waals surface area contributed by atoms with Crippen LogP contribution < -0.4 is 11.1 Å². The van der Waals surface area contributed by atoms with Crippen molar-refractivity contribution in [1.82, 2.24) is 0 Å². The van der Waals surface area contributed by atoms with E-state index < -0.39 is 6.10 Å². The van der Waals surface area contributed by atoms with Crippen molar-refractivity contribution in [3.63, 3.8) is 0 Å². The van der Waals surface area contributed by atoms with Gasteiger partial charge in [-0.1, -0.05) is 12.1 Å². The number of benzene rings is 1. The number of hydrogen-bond acceptors (Lipinski definition) is 5. The summed E-state index contributed by atoms with van der Waals surface area (Å²) in [4.78, 5) is 12.3. The Morgan fingerprint density at radius 2 is 2.12 bits per heavy atom. The van der Waals surface area contributed by atoms with Crippen molar-refractivity contribution in [3.8, 4) is 0 Å². The van der Waals surface area contributed by atoms with Gasteiger partial charge in [0.05, 0.1) is 25.9 Å². The Labute approximate surface area is 143 Å². The van der Waals surface area contributed by atoms with E-state index >= 15 is 0 Å². The first kappa shape index (κ1) is 18.9. The quantitative estimate of drug-likeness (QED) is 0.674. The van der Waals surface area contributed by atoms with Gasteiger partial charge in [0.1, 0.15) is 6.10 Å². The van der Waals surface area contributed by atoms with Crippen LogP contribution in [0.1, 0.15) is 30.9 Å². The zero-order valence-electron chi connectivity index (χ0n) is 14.5.